The number of aliphatic carboxylic acids is 1. The van der Waals surface area contributed by atoms with Crippen LogP contribution in [0.2, 0.25) is 0 Å². The Balaban J connectivity index is 0. The molecule has 0 rings (SSSR count). The highest BCUT2D eigenvalue weighted by molar-refractivity contribution is 9.09. The van der Waals surface area contributed by atoms with E-state index in [1.807, 2.05) is 0 Å². The van der Waals surface area contributed by atoms with Crippen molar-refractivity contribution in [2.45, 2.75) is 25.6 Å². The molecule has 0 radical (unpaired) electrons. The summed E-state index contributed by atoms with van der Waals surface area (Å²) in [6.45, 7) is 6.06. The van der Waals surface area contributed by atoms with E-state index >= 15 is 0 Å². The van der Waals surface area contributed by atoms with E-state index in [4.69, 9.17) is 5.11 Å². The van der Waals surface area contributed by atoms with E-state index in [-0.39, 0.29) is 6.61 Å². The van der Waals surface area contributed by atoms with Gasteiger partial charge >= 0.3 is 11.9 Å². The number of carboxylic acid groups (broad SMARTS) is 1. The first-order valence-corrected chi connectivity index (χ1v) is 5.03. The van der Waals surface area contributed by atoms with Crippen LogP contribution in [0.1, 0.15) is 20.8 Å². The van der Waals surface area contributed by atoms with Crippen molar-refractivity contribution in [3.63, 3.8) is 0 Å². The number of ether oxygens (including phenoxy) is 1. The van der Waals surface area contributed by atoms with Gasteiger partial charge in [-0.1, -0.05) is 29.8 Å². The topological polar surface area (TPSA) is 63.6 Å². The largest absolute Gasteiger partial charge is 0.478 e. The average molecular weight is 267 g/mol. The molecule has 0 aromatic carbocycles. The predicted octanol–water partition coefficient (Wildman–Crippen LogP) is 1.98. The first kappa shape index (κ1) is 15.6. The second-order valence-electron chi connectivity index (χ2n) is 2.44. The van der Waals surface area contributed by atoms with Gasteiger partial charge in [0.2, 0.25) is 0 Å². The third-order valence-corrected chi connectivity index (χ3v) is 0.649. The smallest absolute Gasteiger partial charge is 0.330 e. The van der Waals surface area contributed by atoms with Gasteiger partial charge in [0.05, 0.1) is 6.61 Å². The van der Waals surface area contributed by atoms with Crippen LogP contribution in [0.25, 0.3) is 0 Å². The standard InChI is InChI=1S/C6H8O4.C3H7Br/c1-2-10-6(9)4-3-5(7)8;1-3(2)4/h3-4H,2H2,1H3,(H,7,8);3H,1-2H3/b4-3-;. The number of alkyl halides is 1. The van der Waals surface area contributed by atoms with Gasteiger partial charge in [0.15, 0.2) is 0 Å². The summed E-state index contributed by atoms with van der Waals surface area (Å²) < 4.78 is 4.40. The molecule has 0 heterocycles. The number of hydrogen-bond donors (Lipinski definition) is 1. The van der Waals surface area contributed by atoms with Crippen LogP contribution in [-0.4, -0.2) is 28.5 Å². The summed E-state index contributed by atoms with van der Waals surface area (Å²) in [6.07, 6.45) is 1.60. The van der Waals surface area contributed by atoms with Gasteiger partial charge in [-0.2, -0.15) is 0 Å². The molecule has 0 atom stereocenters. The van der Waals surface area contributed by atoms with E-state index in [2.05, 4.69) is 34.5 Å². The fourth-order valence-electron chi connectivity index (χ4n) is 0.330. The molecule has 0 saturated carbocycles. The van der Waals surface area contributed by atoms with Gasteiger partial charge in [-0.15, -0.1) is 0 Å². The molecule has 0 aliphatic heterocycles. The Bertz CT molecular complexity index is 196. The van der Waals surface area contributed by atoms with Crippen molar-refractivity contribution in [2.24, 2.45) is 0 Å². The van der Waals surface area contributed by atoms with E-state index in [9.17, 15) is 9.59 Å². The molecule has 82 valence electrons. The van der Waals surface area contributed by atoms with Gasteiger partial charge in [0.1, 0.15) is 0 Å². The van der Waals surface area contributed by atoms with Crippen LogP contribution in [0, 0.1) is 0 Å². The van der Waals surface area contributed by atoms with Crippen molar-refractivity contribution in [3.8, 4) is 0 Å². The van der Waals surface area contributed by atoms with Crippen molar-refractivity contribution in [2.75, 3.05) is 6.61 Å². The molecule has 0 saturated heterocycles. The third-order valence-electron chi connectivity index (χ3n) is 0.649. The molecule has 0 aliphatic carbocycles. The van der Waals surface area contributed by atoms with E-state index in [0.717, 1.165) is 12.2 Å². The number of hydrogen-bond acceptors (Lipinski definition) is 3. The molecular weight excluding hydrogens is 252 g/mol. The van der Waals surface area contributed by atoms with E-state index in [1.54, 1.807) is 6.92 Å². The molecular formula is C9H15BrO4. The Morgan fingerprint density at radius 1 is 1.43 bits per heavy atom. The minimum absolute atomic E-state index is 0.253. The van der Waals surface area contributed by atoms with Crippen molar-refractivity contribution in [1.82, 2.24) is 0 Å². The van der Waals surface area contributed by atoms with Gasteiger partial charge in [0.25, 0.3) is 0 Å². The van der Waals surface area contributed by atoms with Crippen molar-refractivity contribution in [3.05, 3.63) is 12.2 Å². The van der Waals surface area contributed by atoms with Gasteiger partial charge in [-0.25, -0.2) is 9.59 Å². The molecule has 5 heteroatoms. The Kier molecular flexibility index (Phi) is 11.4. The van der Waals surface area contributed by atoms with Crippen LogP contribution < -0.4 is 0 Å². The summed E-state index contributed by atoms with van der Waals surface area (Å²) in [5.41, 5.74) is 0. The fraction of sp³-hybridized carbons (Fsp3) is 0.556. The van der Waals surface area contributed by atoms with Crippen LogP contribution in [0.4, 0.5) is 0 Å². The monoisotopic (exact) mass is 266 g/mol. The highest BCUT2D eigenvalue weighted by Gasteiger charge is 1.94. The molecule has 0 bridgehead atoms. The summed E-state index contributed by atoms with van der Waals surface area (Å²) >= 11 is 3.27. The minimum Gasteiger partial charge on any atom is -0.478 e. The molecule has 1 N–H and O–H groups in total. The van der Waals surface area contributed by atoms with E-state index in [1.165, 1.54) is 0 Å². The van der Waals surface area contributed by atoms with Crippen LogP contribution in [0.15, 0.2) is 12.2 Å². The molecule has 14 heavy (non-hydrogen) atoms. The lowest BCUT2D eigenvalue weighted by atomic mass is 10.5. The number of carboxylic acids is 1. The van der Waals surface area contributed by atoms with Gasteiger partial charge < -0.3 is 9.84 Å². The zero-order valence-corrected chi connectivity index (χ0v) is 10.1. The van der Waals surface area contributed by atoms with Gasteiger partial charge in [-0.05, 0) is 6.92 Å². The first-order chi connectivity index (χ1) is 6.40. The number of rotatable bonds is 3. The quantitative estimate of drug-likeness (QED) is 0.482. The maximum absolute atomic E-state index is 10.4. The second-order valence-corrected chi connectivity index (χ2v) is 4.27. The van der Waals surface area contributed by atoms with Crippen molar-refractivity contribution < 1.29 is 19.4 Å². The highest BCUT2D eigenvalue weighted by atomic mass is 79.9. The molecule has 0 aromatic rings. The first-order valence-electron chi connectivity index (χ1n) is 4.12. The molecule has 0 aliphatic rings. The minimum atomic E-state index is -1.16. The normalized spacial score (nSPS) is 9.50. The molecule has 4 nitrogen and oxygen atoms in total. The Morgan fingerprint density at radius 3 is 2.14 bits per heavy atom. The summed E-state index contributed by atoms with van der Waals surface area (Å²) in [5, 5.41) is 8.04. The summed E-state index contributed by atoms with van der Waals surface area (Å²) in [5.74, 6) is -1.79. The molecule has 0 amide bonds. The molecule has 0 unspecified atom stereocenters. The van der Waals surface area contributed by atoms with E-state index in [0.29, 0.717) is 4.83 Å². The number of carbonyl (C=O) groups is 2. The maximum Gasteiger partial charge on any atom is 0.330 e. The number of esters is 1. The van der Waals surface area contributed by atoms with Crippen LogP contribution >= 0.6 is 15.9 Å². The van der Waals surface area contributed by atoms with Crippen LogP contribution in [0.5, 0.6) is 0 Å². The van der Waals surface area contributed by atoms with Crippen LogP contribution in [-0.2, 0) is 14.3 Å². The lowest BCUT2D eigenvalue weighted by Crippen LogP contribution is -2.00. The zero-order valence-electron chi connectivity index (χ0n) is 8.49. The Labute approximate surface area is 92.1 Å². The summed E-state index contributed by atoms with van der Waals surface area (Å²) in [7, 11) is 0. The average Bonchev–Trinajstić information content (AvgIpc) is 2.00. The molecule has 0 fully saturated rings. The number of halogens is 1. The van der Waals surface area contributed by atoms with Crippen molar-refractivity contribution >= 4 is 27.9 Å². The Morgan fingerprint density at radius 2 is 1.86 bits per heavy atom. The third kappa shape index (κ3) is 22.5. The van der Waals surface area contributed by atoms with Gasteiger partial charge in [0, 0.05) is 17.0 Å². The fourth-order valence-corrected chi connectivity index (χ4v) is 0.330. The lowest BCUT2D eigenvalue weighted by Gasteiger charge is -1.92. The SMILES string of the molecule is CC(C)Br.CCOC(=O)/C=C\C(=O)O. The summed E-state index contributed by atoms with van der Waals surface area (Å²) in [6, 6.07) is 0. The Hall–Kier alpha value is -0.840. The maximum atomic E-state index is 10.4. The summed E-state index contributed by atoms with van der Waals surface area (Å²) in [4.78, 5) is 20.8. The zero-order chi connectivity index (χ0) is 11.6. The van der Waals surface area contributed by atoms with Crippen molar-refractivity contribution in [1.29, 1.82) is 0 Å². The van der Waals surface area contributed by atoms with E-state index < -0.39 is 11.9 Å². The highest BCUT2D eigenvalue weighted by Crippen LogP contribution is 1.89. The predicted molar refractivity (Wildman–Crippen MR) is 57.5 cm³/mol. The number of carbonyl (C=O) groups excluding carboxylic acids is 1. The second kappa shape index (κ2) is 10.2. The van der Waals surface area contributed by atoms with Gasteiger partial charge in [-0.3, -0.25) is 0 Å². The lowest BCUT2D eigenvalue weighted by molar-refractivity contribution is -0.138. The molecule has 0 spiro atoms. The van der Waals surface area contributed by atoms with Crippen LogP contribution in [0.3, 0.4) is 0 Å². The molecule has 0 aromatic heterocycles.